The van der Waals surface area contributed by atoms with Crippen molar-refractivity contribution in [3.8, 4) is 16.9 Å². The van der Waals surface area contributed by atoms with Gasteiger partial charge in [0.25, 0.3) is 0 Å². The second kappa shape index (κ2) is 9.37. The van der Waals surface area contributed by atoms with Crippen LogP contribution >= 0.6 is 0 Å². The van der Waals surface area contributed by atoms with E-state index < -0.39 is 0 Å². The molecular formula is C22H28N2O2. The molecule has 1 heterocycles. The third-order valence-corrected chi connectivity index (χ3v) is 5.01. The van der Waals surface area contributed by atoms with E-state index in [4.69, 9.17) is 4.74 Å². The highest BCUT2D eigenvalue weighted by Crippen LogP contribution is 2.29. The minimum atomic E-state index is 0.0537. The van der Waals surface area contributed by atoms with Gasteiger partial charge in [0.15, 0.2) is 0 Å². The zero-order valence-corrected chi connectivity index (χ0v) is 15.5. The summed E-state index contributed by atoms with van der Waals surface area (Å²) in [4.78, 5) is 16.6. The van der Waals surface area contributed by atoms with Crippen molar-refractivity contribution in [2.45, 2.75) is 45.4 Å². The van der Waals surface area contributed by atoms with E-state index in [0.717, 1.165) is 41.5 Å². The Balaban J connectivity index is 1.53. The summed E-state index contributed by atoms with van der Waals surface area (Å²) in [7, 11) is 0. The summed E-state index contributed by atoms with van der Waals surface area (Å²) < 4.78 is 5.68. The van der Waals surface area contributed by atoms with Crippen molar-refractivity contribution in [2.75, 3.05) is 13.2 Å². The van der Waals surface area contributed by atoms with Gasteiger partial charge >= 0.3 is 0 Å². The maximum atomic E-state index is 12.1. The summed E-state index contributed by atoms with van der Waals surface area (Å²) in [6.07, 6.45) is 8.59. The van der Waals surface area contributed by atoms with E-state index in [1.54, 1.807) is 0 Å². The molecule has 138 valence electrons. The highest BCUT2D eigenvalue weighted by molar-refractivity contribution is 5.78. The molecule has 1 aliphatic rings. The summed E-state index contributed by atoms with van der Waals surface area (Å²) >= 11 is 0. The minimum absolute atomic E-state index is 0.0537. The van der Waals surface area contributed by atoms with Crippen LogP contribution in [-0.4, -0.2) is 24.0 Å². The van der Waals surface area contributed by atoms with Crippen LogP contribution in [0, 0.1) is 5.92 Å². The summed E-state index contributed by atoms with van der Waals surface area (Å²) in [6.45, 7) is 3.39. The third-order valence-electron chi connectivity index (χ3n) is 5.01. The Morgan fingerprint density at radius 1 is 1.19 bits per heavy atom. The van der Waals surface area contributed by atoms with Crippen LogP contribution in [0.25, 0.3) is 11.1 Å². The average Bonchev–Trinajstić information content (AvgIpc) is 3.17. The number of amides is 1. The lowest BCUT2D eigenvalue weighted by molar-refractivity contribution is -0.120. The second-order valence-electron chi connectivity index (χ2n) is 6.93. The fourth-order valence-electron chi connectivity index (χ4n) is 3.62. The van der Waals surface area contributed by atoms with Gasteiger partial charge in [-0.3, -0.25) is 9.78 Å². The number of pyridine rings is 1. The molecule has 0 atom stereocenters. The fourth-order valence-corrected chi connectivity index (χ4v) is 3.62. The molecule has 1 aromatic heterocycles. The molecule has 0 unspecified atom stereocenters. The highest BCUT2D eigenvalue weighted by Gasteiger charge is 2.15. The van der Waals surface area contributed by atoms with Gasteiger partial charge in [-0.15, -0.1) is 0 Å². The molecule has 1 amide bonds. The van der Waals surface area contributed by atoms with Gasteiger partial charge in [0.05, 0.1) is 13.0 Å². The molecular weight excluding hydrogens is 324 g/mol. The number of para-hydroxylation sites is 1. The zero-order chi connectivity index (χ0) is 18.2. The first-order chi connectivity index (χ1) is 12.8. The fraction of sp³-hybridized carbons (Fsp3) is 0.455. The van der Waals surface area contributed by atoms with Crippen LogP contribution in [0.3, 0.4) is 0 Å². The molecule has 1 N–H and O–H groups in total. The van der Waals surface area contributed by atoms with Crippen LogP contribution in [-0.2, 0) is 11.2 Å². The average molecular weight is 352 g/mol. The Morgan fingerprint density at radius 3 is 2.73 bits per heavy atom. The summed E-state index contributed by atoms with van der Waals surface area (Å²) in [5, 5.41) is 3.03. The number of rotatable bonds is 8. The van der Waals surface area contributed by atoms with Crippen LogP contribution in [0.5, 0.6) is 5.75 Å². The Kier molecular flexibility index (Phi) is 6.64. The van der Waals surface area contributed by atoms with Gasteiger partial charge in [-0.05, 0) is 31.4 Å². The smallest absolute Gasteiger partial charge is 0.226 e. The van der Waals surface area contributed by atoms with Crippen molar-refractivity contribution >= 4 is 5.91 Å². The molecule has 0 radical (unpaired) electrons. The SMILES string of the molecule is CCOc1ccccc1-c1ccc(CC(=O)NCCC2CCCC2)nc1. The first kappa shape index (κ1) is 18.4. The van der Waals surface area contributed by atoms with Crippen LogP contribution in [0.4, 0.5) is 0 Å². The van der Waals surface area contributed by atoms with Crippen LogP contribution in [0.1, 0.15) is 44.7 Å². The molecule has 1 aliphatic carbocycles. The van der Waals surface area contributed by atoms with Crippen molar-refractivity contribution in [3.63, 3.8) is 0 Å². The van der Waals surface area contributed by atoms with Crippen LogP contribution in [0.15, 0.2) is 42.6 Å². The number of hydrogen-bond donors (Lipinski definition) is 1. The second-order valence-corrected chi connectivity index (χ2v) is 6.93. The summed E-state index contributed by atoms with van der Waals surface area (Å²) in [6, 6.07) is 11.9. The molecule has 0 aliphatic heterocycles. The van der Waals surface area contributed by atoms with E-state index in [2.05, 4.69) is 10.3 Å². The Labute approximate surface area is 156 Å². The van der Waals surface area contributed by atoms with Gasteiger partial charge in [-0.1, -0.05) is 49.9 Å². The van der Waals surface area contributed by atoms with Gasteiger partial charge in [0.1, 0.15) is 5.75 Å². The molecule has 4 heteroatoms. The first-order valence-electron chi connectivity index (χ1n) is 9.70. The van der Waals surface area contributed by atoms with E-state index in [1.807, 2.05) is 49.5 Å². The van der Waals surface area contributed by atoms with Crippen molar-refractivity contribution in [3.05, 3.63) is 48.3 Å². The Hall–Kier alpha value is -2.36. The van der Waals surface area contributed by atoms with Gasteiger partial charge < -0.3 is 10.1 Å². The van der Waals surface area contributed by atoms with Gasteiger partial charge in [0.2, 0.25) is 5.91 Å². The lowest BCUT2D eigenvalue weighted by atomic mass is 10.0. The van der Waals surface area contributed by atoms with Crippen molar-refractivity contribution in [1.82, 2.24) is 10.3 Å². The molecule has 1 aromatic carbocycles. The van der Waals surface area contributed by atoms with E-state index in [1.165, 1.54) is 25.7 Å². The number of nitrogens with one attached hydrogen (secondary N) is 1. The number of aromatic nitrogens is 1. The minimum Gasteiger partial charge on any atom is -0.493 e. The molecule has 0 saturated heterocycles. The number of benzene rings is 1. The van der Waals surface area contributed by atoms with Crippen LogP contribution < -0.4 is 10.1 Å². The number of hydrogen-bond acceptors (Lipinski definition) is 3. The number of carbonyl (C=O) groups excluding carboxylic acids is 1. The summed E-state index contributed by atoms with van der Waals surface area (Å²) in [5.74, 6) is 1.71. The molecule has 1 fully saturated rings. The highest BCUT2D eigenvalue weighted by atomic mass is 16.5. The molecule has 0 spiro atoms. The Bertz CT molecular complexity index is 706. The molecule has 3 rings (SSSR count). The molecule has 2 aromatic rings. The first-order valence-corrected chi connectivity index (χ1v) is 9.70. The van der Waals surface area contributed by atoms with Gasteiger partial charge in [-0.2, -0.15) is 0 Å². The zero-order valence-electron chi connectivity index (χ0n) is 15.5. The maximum Gasteiger partial charge on any atom is 0.226 e. The summed E-state index contributed by atoms with van der Waals surface area (Å²) in [5.41, 5.74) is 2.81. The lowest BCUT2D eigenvalue weighted by Gasteiger charge is -2.11. The monoisotopic (exact) mass is 352 g/mol. The predicted octanol–water partition coefficient (Wildman–Crippen LogP) is 4.39. The van der Waals surface area contributed by atoms with E-state index >= 15 is 0 Å². The molecule has 0 bridgehead atoms. The normalized spacial score (nSPS) is 14.3. The lowest BCUT2D eigenvalue weighted by Crippen LogP contribution is -2.27. The van der Waals surface area contributed by atoms with Crippen LogP contribution in [0.2, 0.25) is 0 Å². The van der Waals surface area contributed by atoms with E-state index in [9.17, 15) is 4.79 Å². The quantitative estimate of drug-likeness (QED) is 0.767. The molecule has 1 saturated carbocycles. The van der Waals surface area contributed by atoms with Crippen molar-refractivity contribution in [1.29, 1.82) is 0 Å². The van der Waals surface area contributed by atoms with E-state index in [-0.39, 0.29) is 5.91 Å². The number of nitrogens with zero attached hydrogens (tertiary/aromatic N) is 1. The standard InChI is InChI=1S/C22H28N2O2/c1-2-26-21-10-6-5-9-20(21)18-11-12-19(24-16-18)15-22(25)23-14-13-17-7-3-4-8-17/h5-6,9-12,16-17H,2-4,7-8,13-15H2,1H3,(H,23,25). The van der Waals surface area contributed by atoms with Gasteiger partial charge in [-0.25, -0.2) is 0 Å². The van der Waals surface area contributed by atoms with Crippen molar-refractivity contribution in [2.24, 2.45) is 5.92 Å². The van der Waals surface area contributed by atoms with Gasteiger partial charge in [0, 0.05) is 29.6 Å². The van der Waals surface area contributed by atoms with E-state index in [0.29, 0.717) is 13.0 Å². The largest absolute Gasteiger partial charge is 0.493 e. The predicted molar refractivity (Wildman–Crippen MR) is 104 cm³/mol. The number of carbonyl (C=O) groups is 1. The number of ether oxygens (including phenoxy) is 1. The molecule has 4 nitrogen and oxygen atoms in total. The van der Waals surface area contributed by atoms with Crippen molar-refractivity contribution < 1.29 is 9.53 Å². The topological polar surface area (TPSA) is 51.2 Å². The Morgan fingerprint density at radius 2 is 2.00 bits per heavy atom. The molecule has 26 heavy (non-hydrogen) atoms. The third kappa shape index (κ3) is 5.07. The maximum absolute atomic E-state index is 12.1.